The summed E-state index contributed by atoms with van der Waals surface area (Å²) in [6, 6.07) is 0. The first kappa shape index (κ1) is 91.1. The predicted octanol–water partition coefficient (Wildman–Crippen LogP) is 21.4. The highest BCUT2D eigenvalue weighted by atomic mass is 31.2. The number of carbonyl (C=O) groups excluding carboxylic acids is 4. The first-order chi connectivity index (χ1) is 44.8. The maximum Gasteiger partial charge on any atom is 0.472 e. The highest BCUT2D eigenvalue weighted by molar-refractivity contribution is 7.47. The smallest absolute Gasteiger partial charge is 0.462 e. The second-order valence-electron chi connectivity index (χ2n) is 27.9. The Balaban J connectivity index is 5.24. The van der Waals surface area contributed by atoms with Crippen LogP contribution in [-0.2, 0) is 65.4 Å². The van der Waals surface area contributed by atoms with Gasteiger partial charge in [0.1, 0.15) is 19.3 Å². The second-order valence-corrected chi connectivity index (χ2v) is 30.8. The van der Waals surface area contributed by atoms with Crippen molar-refractivity contribution >= 4 is 39.5 Å². The Labute approximate surface area is 568 Å². The van der Waals surface area contributed by atoms with E-state index < -0.39 is 97.5 Å². The molecule has 0 bridgehead atoms. The van der Waals surface area contributed by atoms with Gasteiger partial charge in [0.2, 0.25) is 0 Å². The Morgan fingerprint density at radius 3 is 0.817 bits per heavy atom. The van der Waals surface area contributed by atoms with Crippen LogP contribution in [0.4, 0.5) is 0 Å². The third-order valence-corrected chi connectivity index (χ3v) is 19.4. The van der Waals surface area contributed by atoms with E-state index in [0.717, 1.165) is 114 Å². The van der Waals surface area contributed by atoms with Crippen LogP contribution in [-0.4, -0.2) is 96.7 Å². The van der Waals surface area contributed by atoms with Crippen LogP contribution in [0.15, 0.2) is 0 Å². The molecule has 6 atom stereocenters. The van der Waals surface area contributed by atoms with Gasteiger partial charge in [-0.2, -0.15) is 0 Å². The SMILES string of the molecule is CCCCCCCCCCCCCCCCC(=O)OC[C@H](COP(=O)(O)OC[C@@H](O)COP(=O)(O)OC[C@@H](COC(=O)CCCCCCCCC(C)CC)OC(=O)CCCCCCCCCCC(C)C)OC(=O)CCCCCCCCCCCCCCCCCC(C)C. The van der Waals surface area contributed by atoms with Gasteiger partial charge in [0, 0.05) is 25.7 Å². The Hall–Kier alpha value is -1.94. The van der Waals surface area contributed by atoms with E-state index in [1.54, 1.807) is 0 Å². The summed E-state index contributed by atoms with van der Waals surface area (Å²) in [5, 5.41) is 10.6. The maximum atomic E-state index is 13.1. The summed E-state index contributed by atoms with van der Waals surface area (Å²) in [6.45, 7) is 11.8. The van der Waals surface area contributed by atoms with Crippen LogP contribution >= 0.6 is 15.6 Å². The summed E-state index contributed by atoms with van der Waals surface area (Å²) < 4.78 is 68.4. The Morgan fingerprint density at radius 2 is 0.548 bits per heavy atom. The molecular weight excluding hydrogens is 1220 g/mol. The summed E-state index contributed by atoms with van der Waals surface area (Å²) in [4.78, 5) is 72.7. The normalized spacial score (nSPS) is 14.4. The molecule has 0 aromatic carbocycles. The first-order valence-electron chi connectivity index (χ1n) is 38.4. The van der Waals surface area contributed by atoms with Crippen LogP contribution in [0, 0.1) is 17.8 Å². The fraction of sp³-hybridized carbons (Fsp3) is 0.946. The molecule has 0 aromatic heterocycles. The molecule has 0 spiro atoms. The highest BCUT2D eigenvalue weighted by Gasteiger charge is 2.30. The molecule has 0 saturated carbocycles. The number of esters is 4. The molecule has 3 N–H and O–H groups in total. The molecule has 0 fully saturated rings. The van der Waals surface area contributed by atoms with Crippen LogP contribution in [0.2, 0.25) is 0 Å². The van der Waals surface area contributed by atoms with Crippen LogP contribution in [0.5, 0.6) is 0 Å². The Kier molecular flexibility index (Phi) is 63.4. The first-order valence-corrected chi connectivity index (χ1v) is 41.4. The molecule has 0 heterocycles. The summed E-state index contributed by atoms with van der Waals surface area (Å²) in [5.41, 5.74) is 0. The molecule has 0 rings (SSSR count). The number of carbonyl (C=O) groups is 4. The number of hydrogen-bond acceptors (Lipinski definition) is 15. The monoisotopic (exact) mass is 1370 g/mol. The third kappa shape index (κ3) is 67.0. The summed E-state index contributed by atoms with van der Waals surface area (Å²) in [7, 11) is -9.91. The number of unbranched alkanes of at least 4 members (excludes halogenated alkanes) is 39. The van der Waals surface area contributed by atoms with E-state index in [9.17, 15) is 43.2 Å². The van der Waals surface area contributed by atoms with Gasteiger partial charge in [-0.3, -0.25) is 37.3 Å². The fourth-order valence-corrected chi connectivity index (χ4v) is 12.8. The average Bonchev–Trinajstić information content (AvgIpc) is 1.59. The topological polar surface area (TPSA) is 237 Å². The van der Waals surface area contributed by atoms with Gasteiger partial charge in [0.05, 0.1) is 26.4 Å². The summed E-state index contributed by atoms with van der Waals surface area (Å²) in [6.07, 6.45) is 50.0. The van der Waals surface area contributed by atoms with Crippen LogP contribution in [0.1, 0.15) is 376 Å². The number of ether oxygens (including phenoxy) is 4. The van der Waals surface area contributed by atoms with Gasteiger partial charge in [0.15, 0.2) is 12.2 Å². The molecule has 17 nitrogen and oxygen atoms in total. The lowest BCUT2D eigenvalue weighted by atomic mass is 10.00. The lowest BCUT2D eigenvalue weighted by molar-refractivity contribution is -0.161. The van der Waals surface area contributed by atoms with Gasteiger partial charge in [-0.1, -0.05) is 325 Å². The van der Waals surface area contributed by atoms with E-state index >= 15 is 0 Å². The minimum atomic E-state index is -4.96. The van der Waals surface area contributed by atoms with Crippen LogP contribution < -0.4 is 0 Å². The third-order valence-electron chi connectivity index (χ3n) is 17.5. The number of rotatable bonds is 72. The maximum absolute atomic E-state index is 13.1. The minimum Gasteiger partial charge on any atom is -0.462 e. The molecule has 0 aromatic rings. The number of phosphoric ester groups is 2. The summed E-state index contributed by atoms with van der Waals surface area (Å²) in [5.74, 6) is 0.129. The van der Waals surface area contributed by atoms with Gasteiger partial charge in [-0.25, -0.2) is 9.13 Å². The van der Waals surface area contributed by atoms with Gasteiger partial charge in [0.25, 0.3) is 0 Å². The van der Waals surface area contributed by atoms with Gasteiger partial charge >= 0.3 is 39.5 Å². The quantitative estimate of drug-likeness (QED) is 0.0222. The van der Waals surface area contributed by atoms with Crippen LogP contribution in [0.3, 0.4) is 0 Å². The number of hydrogen-bond donors (Lipinski definition) is 3. The van der Waals surface area contributed by atoms with E-state index in [4.69, 9.17) is 37.0 Å². The lowest BCUT2D eigenvalue weighted by Crippen LogP contribution is -2.30. The van der Waals surface area contributed by atoms with Gasteiger partial charge < -0.3 is 33.8 Å². The van der Waals surface area contributed by atoms with Crippen molar-refractivity contribution in [1.82, 2.24) is 0 Å². The van der Waals surface area contributed by atoms with Crippen molar-refractivity contribution in [3.8, 4) is 0 Å². The molecule has 0 amide bonds. The van der Waals surface area contributed by atoms with E-state index in [2.05, 4.69) is 48.5 Å². The second kappa shape index (κ2) is 64.7. The van der Waals surface area contributed by atoms with E-state index in [0.29, 0.717) is 25.7 Å². The molecular formula is C74H144O17P2. The van der Waals surface area contributed by atoms with Crippen molar-refractivity contribution in [1.29, 1.82) is 0 Å². The van der Waals surface area contributed by atoms with Crippen molar-refractivity contribution in [3.05, 3.63) is 0 Å². The summed E-state index contributed by atoms with van der Waals surface area (Å²) >= 11 is 0. The fourth-order valence-electron chi connectivity index (χ4n) is 11.2. The number of aliphatic hydroxyl groups is 1. The Bertz CT molecular complexity index is 1820. The predicted molar refractivity (Wildman–Crippen MR) is 377 cm³/mol. The zero-order chi connectivity index (χ0) is 68.7. The molecule has 3 unspecified atom stereocenters. The van der Waals surface area contributed by atoms with Crippen molar-refractivity contribution in [2.45, 2.75) is 394 Å². The van der Waals surface area contributed by atoms with Gasteiger partial charge in [-0.15, -0.1) is 0 Å². The van der Waals surface area contributed by atoms with E-state index in [1.165, 1.54) is 180 Å². The van der Waals surface area contributed by atoms with Gasteiger partial charge in [-0.05, 0) is 43.4 Å². The van der Waals surface area contributed by atoms with Crippen molar-refractivity contribution < 1.29 is 80.2 Å². The number of phosphoric acid groups is 2. The molecule has 0 saturated heterocycles. The lowest BCUT2D eigenvalue weighted by Gasteiger charge is -2.21. The van der Waals surface area contributed by atoms with Crippen molar-refractivity contribution in [2.75, 3.05) is 39.6 Å². The zero-order valence-corrected chi connectivity index (χ0v) is 62.5. The van der Waals surface area contributed by atoms with Crippen LogP contribution in [0.25, 0.3) is 0 Å². The molecule has 0 radical (unpaired) electrons. The molecule has 0 aliphatic carbocycles. The van der Waals surface area contributed by atoms with Crippen molar-refractivity contribution in [2.24, 2.45) is 17.8 Å². The highest BCUT2D eigenvalue weighted by Crippen LogP contribution is 2.45. The minimum absolute atomic E-state index is 0.104. The van der Waals surface area contributed by atoms with E-state index in [1.807, 2.05) is 0 Å². The molecule has 0 aliphatic heterocycles. The Morgan fingerprint density at radius 1 is 0.312 bits per heavy atom. The zero-order valence-electron chi connectivity index (χ0n) is 60.7. The standard InChI is InChI=1S/C74H144O17P2/c1-8-10-11-12-13-14-15-16-21-24-27-33-41-48-55-71(76)84-61-69(90-73(78)57-50-43-34-28-25-22-19-17-18-20-23-26-31-38-45-52-65(3)4)63-88-92(80,81)86-59-68(75)60-87-93(82,83)89-64-70(62-85-72(77)56-49-42-37-36-40-47-54-67(7)9-2)91-74(79)58-51-44-35-30-29-32-39-46-53-66(5)6/h65-70,75H,8-64H2,1-7H3,(H,80,81)(H,82,83)/t67?,68-,69-,70-/m1/s1. The number of aliphatic hydroxyl groups excluding tert-OH is 1. The van der Waals surface area contributed by atoms with Crippen molar-refractivity contribution in [3.63, 3.8) is 0 Å². The molecule has 93 heavy (non-hydrogen) atoms. The van der Waals surface area contributed by atoms with E-state index in [-0.39, 0.29) is 25.7 Å². The molecule has 552 valence electrons. The average molecular weight is 1370 g/mol. The molecule has 0 aliphatic rings. The largest absolute Gasteiger partial charge is 0.472 e. The molecule has 19 heteroatoms.